The normalized spacial score (nSPS) is 15.6. The molecule has 6 nitrogen and oxygen atoms in total. The van der Waals surface area contributed by atoms with E-state index < -0.39 is 12.6 Å². The van der Waals surface area contributed by atoms with E-state index in [4.69, 9.17) is 4.74 Å². The zero-order valence-electron chi connectivity index (χ0n) is 12.1. The number of rotatable bonds is 6. The summed E-state index contributed by atoms with van der Waals surface area (Å²) in [6, 6.07) is 5.59. The predicted molar refractivity (Wildman–Crippen MR) is 77.4 cm³/mol. The quantitative estimate of drug-likeness (QED) is 0.839. The number of carbonyl (C=O) groups is 1. The highest BCUT2D eigenvalue weighted by molar-refractivity contribution is 5.90. The molecule has 22 heavy (non-hydrogen) atoms. The number of halogens is 2. The van der Waals surface area contributed by atoms with Crippen molar-refractivity contribution in [2.75, 3.05) is 44.7 Å². The topological polar surface area (TPSA) is 62.8 Å². The molecule has 1 aromatic rings. The lowest BCUT2D eigenvalue weighted by atomic mass is 10.3. The molecule has 0 saturated carbocycles. The molecule has 1 heterocycles. The molecule has 1 aliphatic rings. The van der Waals surface area contributed by atoms with Crippen molar-refractivity contribution in [2.45, 2.75) is 6.61 Å². The van der Waals surface area contributed by atoms with Crippen molar-refractivity contribution in [2.24, 2.45) is 0 Å². The van der Waals surface area contributed by atoms with Crippen LogP contribution in [0.4, 0.5) is 19.3 Å². The molecule has 1 saturated heterocycles. The highest BCUT2D eigenvalue weighted by Gasteiger charge is 2.12. The van der Waals surface area contributed by atoms with E-state index >= 15 is 0 Å². The maximum absolute atomic E-state index is 12.3. The second-order valence-electron chi connectivity index (χ2n) is 4.71. The van der Waals surface area contributed by atoms with E-state index in [1.54, 1.807) is 12.1 Å². The molecule has 0 bridgehead atoms. The number of benzene rings is 1. The van der Waals surface area contributed by atoms with Crippen molar-refractivity contribution >= 4 is 11.7 Å². The maximum atomic E-state index is 12.3. The first kappa shape index (κ1) is 16.4. The largest absolute Gasteiger partial charge is 0.433 e. The molecule has 2 N–H and O–H groups in total. The third kappa shape index (κ3) is 5.45. The molecule has 1 fully saturated rings. The number of amides is 2. The minimum absolute atomic E-state index is 0.0687. The van der Waals surface area contributed by atoms with Gasteiger partial charge in [0.25, 0.3) is 0 Å². The van der Waals surface area contributed by atoms with Gasteiger partial charge in [-0.05, 0) is 12.1 Å². The van der Waals surface area contributed by atoms with Crippen molar-refractivity contribution < 1.29 is 23.0 Å². The van der Waals surface area contributed by atoms with E-state index in [9.17, 15) is 13.6 Å². The molecular weight excluding hydrogens is 296 g/mol. The van der Waals surface area contributed by atoms with E-state index in [1.165, 1.54) is 12.1 Å². The molecule has 0 radical (unpaired) electrons. The molecule has 0 aliphatic carbocycles. The number of carbonyl (C=O) groups excluding carboxylic acids is 1. The lowest BCUT2D eigenvalue weighted by Crippen LogP contribution is -2.42. The second-order valence-corrected chi connectivity index (χ2v) is 4.71. The minimum atomic E-state index is -2.94. The van der Waals surface area contributed by atoms with Gasteiger partial charge in [0.1, 0.15) is 5.75 Å². The molecule has 0 spiro atoms. The summed E-state index contributed by atoms with van der Waals surface area (Å²) in [5.74, 6) is -0.0687. The summed E-state index contributed by atoms with van der Waals surface area (Å²) in [5, 5.41) is 5.19. The number of anilines is 1. The number of para-hydroxylation sites is 2. The number of morpholine rings is 1. The van der Waals surface area contributed by atoms with Gasteiger partial charge in [0.05, 0.1) is 18.9 Å². The molecule has 1 aromatic carbocycles. The molecular formula is C14H19F2N3O3. The number of hydrogen-bond donors (Lipinski definition) is 2. The van der Waals surface area contributed by atoms with E-state index in [0.717, 1.165) is 13.1 Å². The Labute approximate surface area is 127 Å². The molecule has 2 rings (SSSR count). The van der Waals surface area contributed by atoms with Crippen LogP contribution in [0.15, 0.2) is 24.3 Å². The Morgan fingerprint density at radius 1 is 1.32 bits per heavy atom. The van der Waals surface area contributed by atoms with Crippen molar-refractivity contribution in [1.29, 1.82) is 0 Å². The average molecular weight is 315 g/mol. The van der Waals surface area contributed by atoms with E-state index in [1.807, 2.05) is 0 Å². The van der Waals surface area contributed by atoms with Gasteiger partial charge < -0.3 is 20.1 Å². The fraction of sp³-hybridized carbons (Fsp3) is 0.500. The van der Waals surface area contributed by atoms with E-state index in [0.29, 0.717) is 26.3 Å². The second kappa shape index (κ2) is 8.50. The zero-order chi connectivity index (χ0) is 15.8. The maximum Gasteiger partial charge on any atom is 0.387 e. The minimum Gasteiger partial charge on any atom is -0.433 e. The Morgan fingerprint density at radius 2 is 2.05 bits per heavy atom. The molecule has 0 unspecified atom stereocenters. The Kier molecular flexibility index (Phi) is 6.35. The van der Waals surface area contributed by atoms with Gasteiger partial charge in [0.2, 0.25) is 0 Å². The third-order valence-corrected chi connectivity index (χ3v) is 3.17. The molecule has 2 amide bonds. The van der Waals surface area contributed by atoms with E-state index in [-0.39, 0.29) is 11.4 Å². The van der Waals surface area contributed by atoms with Crippen LogP contribution in [0.2, 0.25) is 0 Å². The molecule has 0 aromatic heterocycles. The standard InChI is InChI=1S/C14H19F2N3O3/c15-13(16)22-12-4-2-1-3-11(12)18-14(20)17-5-6-19-7-9-21-10-8-19/h1-4,13H,5-10H2,(H2,17,18,20). The molecule has 8 heteroatoms. The fourth-order valence-corrected chi connectivity index (χ4v) is 2.09. The van der Waals surface area contributed by atoms with Crippen LogP contribution in [0.1, 0.15) is 0 Å². The molecule has 0 atom stereocenters. The smallest absolute Gasteiger partial charge is 0.387 e. The van der Waals surface area contributed by atoms with Crippen LogP contribution >= 0.6 is 0 Å². The van der Waals surface area contributed by atoms with Crippen molar-refractivity contribution in [3.63, 3.8) is 0 Å². The van der Waals surface area contributed by atoms with Crippen LogP contribution < -0.4 is 15.4 Å². The number of ether oxygens (including phenoxy) is 2. The fourth-order valence-electron chi connectivity index (χ4n) is 2.09. The highest BCUT2D eigenvalue weighted by atomic mass is 19.3. The average Bonchev–Trinajstić information content (AvgIpc) is 2.50. The number of urea groups is 1. The van der Waals surface area contributed by atoms with Gasteiger partial charge in [-0.2, -0.15) is 8.78 Å². The summed E-state index contributed by atoms with van der Waals surface area (Å²) >= 11 is 0. The Hall–Kier alpha value is -1.93. The number of alkyl halides is 2. The number of nitrogens with zero attached hydrogens (tertiary/aromatic N) is 1. The lowest BCUT2D eigenvalue weighted by Gasteiger charge is -2.26. The molecule has 1 aliphatic heterocycles. The van der Waals surface area contributed by atoms with Crippen LogP contribution in [0, 0.1) is 0 Å². The summed E-state index contributed by atoms with van der Waals surface area (Å²) in [6.07, 6.45) is 0. The first-order valence-corrected chi connectivity index (χ1v) is 7.04. The molecule has 122 valence electrons. The van der Waals surface area contributed by atoms with Gasteiger partial charge in [-0.15, -0.1) is 0 Å². The van der Waals surface area contributed by atoms with Crippen LogP contribution in [0.3, 0.4) is 0 Å². The number of hydrogen-bond acceptors (Lipinski definition) is 4. The Morgan fingerprint density at radius 3 is 2.77 bits per heavy atom. The summed E-state index contributed by atoms with van der Waals surface area (Å²) < 4.78 is 34.1. The van der Waals surface area contributed by atoms with Gasteiger partial charge in [0, 0.05) is 26.2 Å². The van der Waals surface area contributed by atoms with Crippen LogP contribution in [-0.4, -0.2) is 56.9 Å². The predicted octanol–water partition coefficient (Wildman–Crippen LogP) is 1.74. The first-order valence-electron chi connectivity index (χ1n) is 7.04. The summed E-state index contributed by atoms with van der Waals surface area (Å²) in [7, 11) is 0. The van der Waals surface area contributed by atoms with Crippen molar-refractivity contribution in [1.82, 2.24) is 10.2 Å². The summed E-state index contributed by atoms with van der Waals surface area (Å²) in [4.78, 5) is 14.0. The Bertz CT molecular complexity index is 482. The van der Waals surface area contributed by atoms with Crippen LogP contribution in [0.5, 0.6) is 5.75 Å². The third-order valence-electron chi connectivity index (χ3n) is 3.17. The summed E-state index contributed by atoms with van der Waals surface area (Å²) in [6.45, 7) is 1.32. The highest BCUT2D eigenvalue weighted by Crippen LogP contribution is 2.25. The van der Waals surface area contributed by atoms with Crippen LogP contribution in [-0.2, 0) is 4.74 Å². The van der Waals surface area contributed by atoms with Gasteiger partial charge in [-0.1, -0.05) is 12.1 Å². The van der Waals surface area contributed by atoms with Crippen LogP contribution in [0.25, 0.3) is 0 Å². The van der Waals surface area contributed by atoms with Gasteiger partial charge in [-0.3, -0.25) is 4.90 Å². The monoisotopic (exact) mass is 315 g/mol. The van der Waals surface area contributed by atoms with Gasteiger partial charge in [0.15, 0.2) is 0 Å². The Balaban J connectivity index is 1.76. The SMILES string of the molecule is O=C(NCCN1CCOCC1)Nc1ccccc1OC(F)F. The van der Waals surface area contributed by atoms with Crippen molar-refractivity contribution in [3.05, 3.63) is 24.3 Å². The lowest BCUT2D eigenvalue weighted by molar-refractivity contribution is -0.0493. The number of nitrogens with one attached hydrogen (secondary N) is 2. The van der Waals surface area contributed by atoms with Gasteiger partial charge in [-0.25, -0.2) is 4.79 Å². The van der Waals surface area contributed by atoms with Gasteiger partial charge >= 0.3 is 12.6 Å². The first-order chi connectivity index (χ1) is 10.6. The zero-order valence-corrected chi connectivity index (χ0v) is 12.1. The van der Waals surface area contributed by atoms with Crippen molar-refractivity contribution in [3.8, 4) is 5.75 Å². The summed E-state index contributed by atoms with van der Waals surface area (Å²) in [5.41, 5.74) is 0.201. The van der Waals surface area contributed by atoms with E-state index in [2.05, 4.69) is 20.3 Å².